The first-order chi connectivity index (χ1) is 18.5. The second-order valence-corrected chi connectivity index (χ2v) is 11.2. The Hall–Kier alpha value is -3.01. The third kappa shape index (κ3) is 5.28. The number of phenolic OH excluding ortho intramolecular Hbond substituents is 1. The van der Waals surface area contributed by atoms with E-state index in [2.05, 4.69) is 38.6 Å². The number of likely N-dealkylation sites (tertiary alicyclic amines) is 1. The van der Waals surface area contributed by atoms with Gasteiger partial charge in [0.15, 0.2) is 5.82 Å². The van der Waals surface area contributed by atoms with Gasteiger partial charge in [-0.3, -0.25) is 0 Å². The summed E-state index contributed by atoms with van der Waals surface area (Å²) in [4.78, 5) is 2.69. The molecule has 202 valence electrons. The Morgan fingerprint density at radius 2 is 1.82 bits per heavy atom. The average Bonchev–Trinajstić information content (AvgIpc) is 3.42. The zero-order valence-electron chi connectivity index (χ0n) is 22.2. The lowest BCUT2D eigenvalue weighted by molar-refractivity contribution is -0.0994. The normalized spacial score (nSPS) is 24.2. The summed E-state index contributed by atoms with van der Waals surface area (Å²) in [6.07, 6.45) is 12.1. The van der Waals surface area contributed by atoms with Gasteiger partial charge in [0.1, 0.15) is 11.4 Å². The largest absolute Gasteiger partial charge is 0.507 e. The Bertz CT molecular complexity index is 1230. The van der Waals surface area contributed by atoms with Gasteiger partial charge in [-0.2, -0.15) is 5.10 Å². The lowest BCUT2D eigenvalue weighted by Gasteiger charge is -2.47. The zero-order chi connectivity index (χ0) is 26.1. The van der Waals surface area contributed by atoms with Crippen LogP contribution in [0, 0.1) is 5.92 Å². The topological polar surface area (TPSA) is 114 Å². The first kappa shape index (κ1) is 25.3. The minimum absolute atomic E-state index is 0.158. The fourth-order valence-electron chi connectivity index (χ4n) is 6.31. The number of anilines is 1. The number of phenols is 1. The van der Waals surface area contributed by atoms with Gasteiger partial charge in [-0.05, 0) is 100 Å². The van der Waals surface area contributed by atoms with E-state index in [0.29, 0.717) is 52.8 Å². The smallest absolute Gasteiger partial charge is 0.172 e. The second-order valence-electron chi connectivity index (χ2n) is 11.2. The third-order valence-electron chi connectivity index (χ3n) is 8.90. The number of hydrogen-bond donors (Lipinski definition) is 3. The van der Waals surface area contributed by atoms with Gasteiger partial charge in [-0.15, -0.1) is 10.2 Å². The predicted molar refractivity (Wildman–Crippen MR) is 147 cm³/mol. The molecule has 4 N–H and O–H groups in total. The molecule has 2 saturated heterocycles. The number of para-hydroxylation sites is 1. The molecule has 3 aromatic rings. The monoisotopic (exact) mass is 517 g/mol. The van der Waals surface area contributed by atoms with Crippen LogP contribution in [0.3, 0.4) is 0 Å². The lowest BCUT2D eigenvalue weighted by Crippen LogP contribution is -2.52. The minimum atomic E-state index is 0.158. The van der Waals surface area contributed by atoms with E-state index < -0.39 is 0 Å². The van der Waals surface area contributed by atoms with Gasteiger partial charge < -0.3 is 25.8 Å². The number of nitrogens with two attached hydrogens (primary N) is 1. The number of rotatable bonds is 7. The van der Waals surface area contributed by atoms with Gasteiger partial charge in [-0.1, -0.05) is 19.1 Å². The number of aromatic nitrogens is 4. The summed E-state index contributed by atoms with van der Waals surface area (Å²) in [7, 11) is 0. The van der Waals surface area contributed by atoms with Crippen LogP contribution in [0.4, 0.5) is 5.82 Å². The van der Waals surface area contributed by atoms with E-state index >= 15 is 0 Å². The number of nitrogens with one attached hydrogen (secondary N) is 1. The van der Waals surface area contributed by atoms with Crippen LogP contribution in [0.25, 0.3) is 16.9 Å². The highest BCUT2D eigenvalue weighted by Gasteiger charge is 2.38. The highest BCUT2D eigenvalue weighted by atomic mass is 16.5. The minimum Gasteiger partial charge on any atom is -0.507 e. The van der Waals surface area contributed by atoms with Gasteiger partial charge in [0.25, 0.3) is 0 Å². The van der Waals surface area contributed by atoms with Crippen molar-refractivity contribution >= 4 is 5.82 Å². The number of piperidine rings is 2. The molecule has 9 nitrogen and oxygen atoms in total. The number of nitrogens with zero attached hydrogens (tertiary/aromatic N) is 5. The molecule has 1 aliphatic carbocycles. The third-order valence-corrected chi connectivity index (χ3v) is 8.90. The van der Waals surface area contributed by atoms with E-state index in [-0.39, 0.29) is 5.75 Å². The molecule has 0 amide bonds. The van der Waals surface area contributed by atoms with Crippen LogP contribution in [0.15, 0.2) is 42.7 Å². The average molecular weight is 518 g/mol. The van der Waals surface area contributed by atoms with E-state index in [1.165, 1.54) is 44.3 Å². The molecule has 2 aromatic heterocycles. The maximum absolute atomic E-state index is 10.2. The molecule has 1 saturated carbocycles. The van der Waals surface area contributed by atoms with E-state index in [1.54, 1.807) is 16.8 Å². The molecule has 6 rings (SSSR count). The summed E-state index contributed by atoms with van der Waals surface area (Å²) in [6.45, 7) is 6.84. The fraction of sp³-hybridized carbons (Fsp3) is 0.552. The highest BCUT2D eigenvalue weighted by molar-refractivity contribution is 5.70. The zero-order valence-corrected chi connectivity index (χ0v) is 22.2. The molecule has 4 heterocycles. The van der Waals surface area contributed by atoms with Crippen molar-refractivity contribution in [2.45, 2.75) is 69.6 Å². The summed E-state index contributed by atoms with van der Waals surface area (Å²) in [5.74, 6) is 1.51. The lowest BCUT2D eigenvalue weighted by atomic mass is 9.80. The second kappa shape index (κ2) is 11.0. The van der Waals surface area contributed by atoms with Crippen LogP contribution in [-0.2, 0) is 4.74 Å². The maximum atomic E-state index is 10.2. The summed E-state index contributed by atoms with van der Waals surface area (Å²) in [6, 6.07) is 9.62. The van der Waals surface area contributed by atoms with Crippen LogP contribution >= 0.6 is 0 Å². The van der Waals surface area contributed by atoms with Gasteiger partial charge >= 0.3 is 0 Å². The summed E-state index contributed by atoms with van der Waals surface area (Å²) < 4.78 is 8.13. The Labute approximate surface area is 224 Å². The first-order valence-corrected chi connectivity index (χ1v) is 14.1. The summed E-state index contributed by atoms with van der Waals surface area (Å²) in [5.41, 5.74) is 9.23. The predicted octanol–water partition coefficient (Wildman–Crippen LogP) is 3.73. The van der Waals surface area contributed by atoms with E-state index in [1.807, 2.05) is 24.4 Å². The van der Waals surface area contributed by atoms with Crippen LogP contribution in [0.1, 0.15) is 56.9 Å². The Kier molecular flexibility index (Phi) is 7.32. The Balaban J connectivity index is 1.04. The van der Waals surface area contributed by atoms with Crippen molar-refractivity contribution in [2.75, 3.05) is 31.9 Å². The molecule has 3 fully saturated rings. The number of hydrogen-bond acceptors (Lipinski definition) is 8. The molecule has 1 atom stereocenters. The molecule has 38 heavy (non-hydrogen) atoms. The van der Waals surface area contributed by atoms with Gasteiger partial charge in [-0.25, -0.2) is 4.68 Å². The molecule has 2 aliphatic heterocycles. The molecule has 0 bridgehead atoms. The molecular formula is C29H39N7O2. The standard InChI is InChI=1S/C29H39N7O2/c1-19(20-8-12-35(13-9-20)22-14-24(15-22)38-23-6-10-31-11-7-23)21-17-32-36(18-21)27-16-26(33-34-29(27)30)25-4-2-3-5-28(25)37/h2-5,16-20,22-24,31,37H,6-15H2,1H3,(H2,30,34)/t19-,22?,24?/m1/s1. The quantitative estimate of drug-likeness (QED) is 0.434. The van der Waals surface area contributed by atoms with Crippen molar-refractivity contribution in [2.24, 2.45) is 5.92 Å². The Morgan fingerprint density at radius 1 is 1.05 bits per heavy atom. The van der Waals surface area contributed by atoms with Crippen LogP contribution < -0.4 is 11.1 Å². The van der Waals surface area contributed by atoms with Crippen molar-refractivity contribution in [1.29, 1.82) is 0 Å². The van der Waals surface area contributed by atoms with E-state index in [9.17, 15) is 5.11 Å². The van der Waals surface area contributed by atoms with E-state index in [0.717, 1.165) is 25.9 Å². The van der Waals surface area contributed by atoms with Gasteiger partial charge in [0, 0.05) is 17.8 Å². The molecule has 0 radical (unpaired) electrons. The van der Waals surface area contributed by atoms with Crippen LogP contribution in [-0.4, -0.2) is 74.4 Å². The molecule has 9 heteroatoms. The molecular weight excluding hydrogens is 478 g/mol. The molecule has 0 spiro atoms. The summed E-state index contributed by atoms with van der Waals surface area (Å²) >= 11 is 0. The first-order valence-electron chi connectivity index (χ1n) is 14.1. The Morgan fingerprint density at radius 3 is 2.58 bits per heavy atom. The van der Waals surface area contributed by atoms with Crippen LogP contribution in [0.2, 0.25) is 0 Å². The van der Waals surface area contributed by atoms with Crippen LogP contribution in [0.5, 0.6) is 5.75 Å². The molecule has 3 aliphatic rings. The van der Waals surface area contributed by atoms with Crippen molar-refractivity contribution in [1.82, 2.24) is 30.2 Å². The number of aromatic hydroxyl groups is 1. The highest BCUT2D eigenvalue weighted by Crippen LogP contribution is 2.37. The SMILES string of the molecule is C[C@@H](c1cnn(-c2cc(-c3ccccc3O)nnc2N)c1)C1CCN(C2CC(OC3CCNCC3)C2)CC1. The number of benzene rings is 1. The fourth-order valence-corrected chi connectivity index (χ4v) is 6.31. The van der Waals surface area contributed by atoms with Crippen molar-refractivity contribution < 1.29 is 9.84 Å². The van der Waals surface area contributed by atoms with Crippen molar-refractivity contribution in [3.8, 4) is 22.7 Å². The number of nitrogen functional groups attached to an aromatic ring is 1. The summed E-state index contributed by atoms with van der Waals surface area (Å²) in [5, 5.41) is 26.6. The number of ether oxygens (including phenoxy) is 1. The van der Waals surface area contributed by atoms with Gasteiger partial charge in [0.05, 0.1) is 24.1 Å². The van der Waals surface area contributed by atoms with E-state index in [4.69, 9.17) is 10.5 Å². The maximum Gasteiger partial charge on any atom is 0.172 e. The molecule has 1 aromatic carbocycles. The van der Waals surface area contributed by atoms with Gasteiger partial charge in [0.2, 0.25) is 0 Å². The van der Waals surface area contributed by atoms with Crippen molar-refractivity contribution in [3.05, 3.63) is 48.3 Å². The molecule has 0 unspecified atom stereocenters. The van der Waals surface area contributed by atoms with Crippen molar-refractivity contribution in [3.63, 3.8) is 0 Å².